The van der Waals surface area contributed by atoms with Crippen LogP contribution in [0, 0.1) is 23.5 Å². The Hall–Kier alpha value is -2.37. The third-order valence-corrected chi connectivity index (χ3v) is 6.90. The molecule has 4 atom stereocenters. The summed E-state index contributed by atoms with van der Waals surface area (Å²) in [6, 6.07) is 8.54. The molecule has 2 aliphatic rings. The van der Waals surface area contributed by atoms with Gasteiger partial charge in [-0.3, -0.25) is 0 Å². The Morgan fingerprint density at radius 3 is 2.45 bits per heavy atom. The van der Waals surface area contributed by atoms with E-state index in [9.17, 15) is 22.0 Å². The van der Waals surface area contributed by atoms with Crippen LogP contribution in [-0.4, -0.2) is 6.36 Å². The molecule has 6 heteroatoms. The highest BCUT2D eigenvalue weighted by Crippen LogP contribution is 2.55. The molecule has 0 bridgehead atoms. The molecule has 166 valence electrons. The molecule has 0 N–H and O–H groups in total. The van der Waals surface area contributed by atoms with Crippen molar-refractivity contribution >= 4 is 0 Å². The Labute approximate surface area is 178 Å². The molecule has 0 spiro atoms. The van der Waals surface area contributed by atoms with E-state index in [0.717, 1.165) is 49.3 Å². The summed E-state index contributed by atoms with van der Waals surface area (Å²) in [6.07, 6.45) is 2.01. The van der Waals surface area contributed by atoms with Crippen molar-refractivity contribution in [2.45, 2.75) is 56.7 Å². The average molecular weight is 436 g/mol. The zero-order valence-electron chi connectivity index (χ0n) is 17.1. The van der Waals surface area contributed by atoms with Crippen molar-refractivity contribution in [3.05, 3.63) is 77.4 Å². The number of rotatable bonds is 5. The first-order chi connectivity index (χ1) is 14.8. The lowest BCUT2D eigenvalue weighted by atomic mass is 9.57. The highest BCUT2D eigenvalue weighted by Gasteiger charge is 2.43. The second kappa shape index (κ2) is 8.64. The SMILES string of the molecule is C=CCC[C@@H]1CC[C@H]2c3cc(F)cc(F)c3CC[C@@H]2[C@H]1c1ccc(OC(F)(F)F)cc1. The van der Waals surface area contributed by atoms with Gasteiger partial charge in [0.2, 0.25) is 0 Å². The fourth-order valence-electron chi connectivity index (χ4n) is 5.75. The Morgan fingerprint density at radius 2 is 1.77 bits per heavy atom. The number of allylic oxidation sites excluding steroid dienone is 1. The number of benzene rings is 2. The van der Waals surface area contributed by atoms with Gasteiger partial charge in [0.15, 0.2) is 0 Å². The van der Waals surface area contributed by atoms with Crippen LogP contribution in [0.1, 0.15) is 60.6 Å². The minimum atomic E-state index is -4.73. The smallest absolute Gasteiger partial charge is 0.406 e. The number of ether oxygens (including phenoxy) is 1. The van der Waals surface area contributed by atoms with E-state index in [0.29, 0.717) is 17.9 Å². The highest BCUT2D eigenvalue weighted by atomic mass is 19.4. The van der Waals surface area contributed by atoms with Crippen molar-refractivity contribution < 1.29 is 26.7 Å². The summed E-state index contributed by atoms with van der Waals surface area (Å²) in [6.45, 7) is 3.81. The fourth-order valence-corrected chi connectivity index (χ4v) is 5.75. The van der Waals surface area contributed by atoms with E-state index in [-0.39, 0.29) is 23.5 Å². The van der Waals surface area contributed by atoms with Gasteiger partial charge in [0.1, 0.15) is 17.4 Å². The number of halogens is 5. The molecule has 2 aromatic rings. The van der Waals surface area contributed by atoms with E-state index in [4.69, 9.17) is 0 Å². The van der Waals surface area contributed by atoms with Crippen molar-refractivity contribution in [3.8, 4) is 5.75 Å². The Kier molecular flexibility index (Phi) is 6.09. The monoisotopic (exact) mass is 436 g/mol. The lowest BCUT2D eigenvalue weighted by Crippen LogP contribution is -2.35. The van der Waals surface area contributed by atoms with Crippen LogP contribution in [0.15, 0.2) is 49.1 Å². The molecule has 31 heavy (non-hydrogen) atoms. The molecule has 0 radical (unpaired) electrons. The maximum Gasteiger partial charge on any atom is 0.573 e. The molecule has 0 unspecified atom stereocenters. The van der Waals surface area contributed by atoms with Gasteiger partial charge in [-0.15, -0.1) is 19.8 Å². The van der Waals surface area contributed by atoms with Crippen LogP contribution < -0.4 is 4.74 Å². The summed E-state index contributed by atoms with van der Waals surface area (Å²) in [5.41, 5.74) is 2.33. The van der Waals surface area contributed by atoms with Gasteiger partial charge in [-0.1, -0.05) is 18.2 Å². The minimum absolute atomic E-state index is 0.0463. The zero-order chi connectivity index (χ0) is 22.2. The summed E-state index contributed by atoms with van der Waals surface area (Å²) in [4.78, 5) is 0. The minimum Gasteiger partial charge on any atom is -0.406 e. The summed E-state index contributed by atoms with van der Waals surface area (Å²) in [5.74, 6) is -0.601. The van der Waals surface area contributed by atoms with E-state index < -0.39 is 18.0 Å². The zero-order valence-corrected chi connectivity index (χ0v) is 17.1. The lowest BCUT2D eigenvalue weighted by Gasteiger charge is -2.47. The molecule has 4 rings (SSSR count). The van der Waals surface area contributed by atoms with Crippen molar-refractivity contribution in [2.75, 3.05) is 0 Å². The summed E-state index contributed by atoms with van der Waals surface area (Å²) >= 11 is 0. The molecule has 0 amide bonds. The van der Waals surface area contributed by atoms with E-state index in [1.165, 1.54) is 18.2 Å². The van der Waals surface area contributed by atoms with E-state index in [2.05, 4.69) is 11.3 Å². The van der Waals surface area contributed by atoms with Gasteiger partial charge in [0.25, 0.3) is 0 Å². The van der Waals surface area contributed by atoms with E-state index >= 15 is 0 Å². The molecule has 2 aromatic carbocycles. The number of hydrogen-bond acceptors (Lipinski definition) is 1. The fraction of sp³-hybridized carbons (Fsp3) is 0.440. The second-order valence-electron chi connectivity index (χ2n) is 8.61. The predicted molar refractivity (Wildman–Crippen MR) is 109 cm³/mol. The van der Waals surface area contributed by atoms with Crippen molar-refractivity contribution in [3.63, 3.8) is 0 Å². The van der Waals surface area contributed by atoms with Crippen LogP contribution in [-0.2, 0) is 6.42 Å². The van der Waals surface area contributed by atoms with Gasteiger partial charge in [0, 0.05) is 6.07 Å². The first-order valence-corrected chi connectivity index (χ1v) is 10.7. The van der Waals surface area contributed by atoms with Crippen LogP contribution in [0.25, 0.3) is 0 Å². The average Bonchev–Trinajstić information content (AvgIpc) is 2.71. The van der Waals surface area contributed by atoms with E-state index in [1.54, 1.807) is 12.1 Å². The van der Waals surface area contributed by atoms with Gasteiger partial charge in [-0.2, -0.15) is 0 Å². The molecule has 0 aliphatic heterocycles. The van der Waals surface area contributed by atoms with Crippen LogP contribution in [0.2, 0.25) is 0 Å². The Balaban J connectivity index is 1.67. The molecule has 0 aromatic heterocycles. The van der Waals surface area contributed by atoms with Gasteiger partial charge in [-0.05, 0) is 97.1 Å². The molecule has 2 aliphatic carbocycles. The summed E-state index contributed by atoms with van der Waals surface area (Å²) < 4.78 is 70.0. The first-order valence-electron chi connectivity index (χ1n) is 10.7. The van der Waals surface area contributed by atoms with Crippen molar-refractivity contribution in [1.82, 2.24) is 0 Å². The van der Waals surface area contributed by atoms with Gasteiger partial charge < -0.3 is 4.74 Å². The molecular weight excluding hydrogens is 411 g/mol. The van der Waals surface area contributed by atoms with Gasteiger partial charge in [-0.25, -0.2) is 8.78 Å². The highest BCUT2D eigenvalue weighted by molar-refractivity contribution is 5.39. The predicted octanol–water partition coefficient (Wildman–Crippen LogP) is 7.67. The molecule has 0 saturated heterocycles. The molecular formula is C25H25F5O. The maximum atomic E-state index is 14.4. The third kappa shape index (κ3) is 4.63. The standard InChI is InChI=1S/C25H25F5O/c1-2-3-4-15-7-10-19-21(12-11-20-22(19)13-17(26)14-23(20)27)24(15)16-5-8-18(9-6-16)31-25(28,29)30/h2,5-6,8-9,13-15,19,21,24H,1,3-4,7,10-12H2/t15-,19-,21+,24-/m1/s1. The third-order valence-electron chi connectivity index (χ3n) is 6.90. The quantitative estimate of drug-likeness (QED) is 0.345. The van der Waals surface area contributed by atoms with Crippen LogP contribution >= 0.6 is 0 Å². The second-order valence-corrected chi connectivity index (χ2v) is 8.61. The van der Waals surface area contributed by atoms with Crippen molar-refractivity contribution in [1.29, 1.82) is 0 Å². The summed E-state index contributed by atoms with van der Waals surface area (Å²) in [7, 11) is 0. The largest absolute Gasteiger partial charge is 0.573 e. The molecule has 1 nitrogen and oxygen atoms in total. The molecule has 1 fully saturated rings. The lowest BCUT2D eigenvalue weighted by molar-refractivity contribution is -0.274. The van der Waals surface area contributed by atoms with Crippen LogP contribution in [0.3, 0.4) is 0 Å². The van der Waals surface area contributed by atoms with Gasteiger partial charge >= 0.3 is 6.36 Å². The molecule has 1 saturated carbocycles. The Morgan fingerprint density at radius 1 is 1.03 bits per heavy atom. The molecule has 0 heterocycles. The van der Waals surface area contributed by atoms with E-state index in [1.807, 2.05) is 6.08 Å². The maximum absolute atomic E-state index is 14.4. The number of fused-ring (bicyclic) bond motifs is 3. The van der Waals surface area contributed by atoms with Crippen LogP contribution in [0.4, 0.5) is 22.0 Å². The summed E-state index contributed by atoms with van der Waals surface area (Å²) in [5, 5.41) is 0. The number of hydrogen-bond donors (Lipinski definition) is 0. The number of alkyl halides is 3. The Bertz CT molecular complexity index is 934. The van der Waals surface area contributed by atoms with Crippen LogP contribution in [0.5, 0.6) is 5.75 Å². The topological polar surface area (TPSA) is 9.23 Å². The van der Waals surface area contributed by atoms with Crippen molar-refractivity contribution in [2.24, 2.45) is 11.8 Å². The van der Waals surface area contributed by atoms with Gasteiger partial charge in [0.05, 0.1) is 0 Å². The normalized spacial score (nSPS) is 25.5. The first kappa shape index (κ1) is 21.8.